The molecule has 0 radical (unpaired) electrons. The first kappa shape index (κ1) is 18.0. The molecule has 140 valence electrons. The number of nitrogens with one attached hydrogen (secondary N) is 3. The molecular formula is C17H24N6O3. The fourth-order valence-electron chi connectivity index (χ4n) is 3.14. The van der Waals surface area contributed by atoms with Gasteiger partial charge in [-0.25, -0.2) is 4.79 Å². The topological polar surface area (TPSA) is 114 Å². The van der Waals surface area contributed by atoms with Crippen molar-refractivity contribution in [1.82, 2.24) is 25.3 Å². The minimum absolute atomic E-state index is 0.0901. The van der Waals surface area contributed by atoms with Crippen LogP contribution < -0.4 is 10.6 Å². The number of aryl methyl sites for hydroxylation is 1. The van der Waals surface area contributed by atoms with Crippen LogP contribution in [-0.2, 0) is 11.8 Å². The average molecular weight is 360 g/mol. The van der Waals surface area contributed by atoms with Crippen LogP contribution in [0.3, 0.4) is 0 Å². The van der Waals surface area contributed by atoms with Crippen LogP contribution in [0, 0.1) is 0 Å². The van der Waals surface area contributed by atoms with E-state index in [4.69, 9.17) is 4.74 Å². The molecule has 1 aliphatic carbocycles. The SMILES string of the molecule is CCCNC(=O)OC1CCC(c2cc(NC(=O)c3ccnn3C)n[nH]2)C1. The second-order valence-electron chi connectivity index (χ2n) is 6.47. The van der Waals surface area contributed by atoms with Gasteiger partial charge in [-0.15, -0.1) is 0 Å². The van der Waals surface area contributed by atoms with E-state index in [1.165, 1.54) is 4.68 Å². The van der Waals surface area contributed by atoms with E-state index in [-0.39, 0.29) is 24.0 Å². The molecule has 2 unspecified atom stereocenters. The zero-order valence-corrected chi connectivity index (χ0v) is 15.0. The molecule has 0 spiro atoms. The van der Waals surface area contributed by atoms with Crippen LogP contribution in [-0.4, -0.2) is 44.6 Å². The monoisotopic (exact) mass is 360 g/mol. The Kier molecular flexibility index (Phi) is 5.55. The van der Waals surface area contributed by atoms with Crippen LogP contribution in [0.25, 0.3) is 0 Å². The fraction of sp³-hybridized carbons (Fsp3) is 0.529. The van der Waals surface area contributed by atoms with E-state index in [2.05, 4.69) is 25.9 Å². The number of hydrogen-bond acceptors (Lipinski definition) is 5. The van der Waals surface area contributed by atoms with Crippen LogP contribution in [0.2, 0.25) is 0 Å². The summed E-state index contributed by atoms with van der Waals surface area (Å²) >= 11 is 0. The molecule has 2 aromatic rings. The lowest BCUT2D eigenvalue weighted by Crippen LogP contribution is -2.28. The summed E-state index contributed by atoms with van der Waals surface area (Å²) in [6.45, 7) is 2.62. The maximum Gasteiger partial charge on any atom is 0.407 e. The largest absolute Gasteiger partial charge is 0.446 e. The summed E-state index contributed by atoms with van der Waals surface area (Å²) in [4.78, 5) is 23.9. The zero-order chi connectivity index (χ0) is 18.5. The van der Waals surface area contributed by atoms with Gasteiger partial charge in [0.15, 0.2) is 5.82 Å². The van der Waals surface area contributed by atoms with Gasteiger partial charge in [-0.1, -0.05) is 6.92 Å². The third-order valence-corrected chi connectivity index (χ3v) is 4.51. The van der Waals surface area contributed by atoms with E-state index in [1.54, 1.807) is 19.3 Å². The lowest BCUT2D eigenvalue weighted by Gasteiger charge is -2.12. The van der Waals surface area contributed by atoms with Gasteiger partial charge in [0.05, 0.1) is 0 Å². The zero-order valence-electron chi connectivity index (χ0n) is 15.0. The Labute approximate surface area is 151 Å². The number of H-pyrrole nitrogens is 1. The number of nitrogens with zero attached hydrogens (tertiary/aromatic N) is 3. The van der Waals surface area contributed by atoms with Crippen LogP contribution in [0.1, 0.15) is 54.7 Å². The number of amides is 2. The minimum Gasteiger partial charge on any atom is -0.446 e. The number of aromatic amines is 1. The molecule has 0 aromatic carbocycles. The summed E-state index contributed by atoms with van der Waals surface area (Å²) in [5, 5.41) is 16.6. The molecule has 0 bridgehead atoms. The highest BCUT2D eigenvalue weighted by atomic mass is 16.6. The van der Waals surface area contributed by atoms with Gasteiger partial charge < -0.3 is 15.4 Å². The van der Waals surface area contributed by atoms with Gasteiger partial charge in [-0.2, -0.15) is 10.2 Å². The van der Waals surface area contributed by atoms with E-state index < -0.39 is 0 Å². The van der Waals surface area contributed by atoms with Crippen molar-refractivity contribution in [3.8, 4) is 0 Å². The Bertz CT molecular complexity index is 768. The van der Waals surface area contributed by atoms with Crippen molar-refractivity contribution in [3.63, 3.8) is 0 Å². The van der Waals surface area contributed by atoms with E-state index in [9.17, 15) is 9.59 Å². The Morgan fingerprint density at radius 3 is 3.00 bits per heavy atom. The number of carbonyl (C=O) groups is 2. The quantitative estimate of drug-likeness (QED) is 0.730. The molecule has 1 fully saturated rings. The van der Waals surface area contributed by atoms with Gasteiger partial charge in [0.1, 0.15) is 11.8 Å². The van der Waals surface area contributed by atoms with Gasteiger partial charge >= 0.3 is 6.09 Å². The number of rotatable bonds is 6. The summed E-state index contributed by atoms with van der Waals surface area (Å²) in [5.74, 6) is 0.438. The molecule has 2 heterocycles. The molecule has 1 aliphatic rings. The number of alkyl carbamates (subject to hydrolysis) is 1. The number of hydrogen-bond donors (Lipinski definition) is 3. The van der Waals surface area contributed by atoms with E-state index in [0.717, 1.165) is 31.4 Å². The molecule has 3 rings (SSSR count). The van der Waals surface area contributed by atoms with Gasteiger partial charge in [0.25, 0.3) is 5.91 Å². The summed E-state index contributed by atoms with van der Waals surface area (Å²) in [7, 11) is 1.71. The highest BCUT2D eigenvalue weighted by Crippen LogP contribution is 2.35. The normalized spacial score (nSPS) is 19.3. The first-order valence-electron chi connectivity index (χ1n) is 8.86. The standard InChI is InChI=1S/C17H24N6O3/c1-3-7-18-17(25)26-12-5-4-11(9-12)13-10-15(22-21-13)20-16(24)14-6-8-19-23(14)2/h6,8,10-12H,3-5,7,9H2,1-2H3,(H,18,25)(H2,20,21,22,24). The Balaban J connectivity index is 1.53. The predicted octanol–water partition coefficient (Wildman–Crippen LogP) is 2.17. The predicted molar refractivity (Wildman–Crippen MR) is 94.9 cm³/mol. The van der Waals surface area contributed by atoms with Crippen molar-refractivity contribution in [2.24, 2.45) is 7.05 Å². The molecule has 0 aliphatic heterocycles. The molecule has 9 heteroatoms. The molecule has 2 atom stereocenters. The molecule has 1 saturated carbocycles. The van der Waals surface area contributed by atoms with Gasteiger partial charge in [-0.3, -0.25) is 14.6 Å². The molecule has 9 nitrogen and oxygen atoms in total. The summed E-state index contributed by atoms with van der Waals surface area (Å²) in [5.41, 5.74) is 1.40. The molecule has 2 aromatic heterocycles. The lowest BCUT2D eigenvalue weighted by atomic mass is 10.0. The third-order valence-electron chi connectivity index (χ3n) is 4.51. The van der Waals surface area contributed by atoms with Crippen LogP contribution in [0.5, 0.6) is 0 Å². The van der Waals surface area contributed by atoms with Crippen LogP contribution >= 0.6 is 0 Å². The summed E-state index contributed by atoms with van der Waals surface area (Å²) < 4.78 is 6.94. The second kappa shape index (κ2) is 8.03. The lowest BCUT2D eigenvalue weighted by molar-refractivity contribution is 0.0997. The Morgan fingerprint density at radius 2 is 2.27 bits per heavy atom. The first-order chi connectivity index (χ1) is 12.6. The third kappa shape index (κ3) is 4.22. The number of carbonyl (C=O) groups excluding carboxylic acids is 2. The Morgan fingerprint density at radius 1 is 1.42 bits per heavy atom. The van der Waals surface area contributed by atoms with E-state index in [0.29, 0.717) is 18.1 Å². The van der Waals surface area contributed by atoms with Crippen molar-refractivity contribution < 1.29 is 14.3 Å². The fourth-order valence-corrected chi connectivity index (χ4v) is 3.14. The van der Waals surface area contributed by atoms with Crippen molar-refractivity contribution in [1.29, 1.82) is 0 Å². The second-order valence-corrected chi connectivity index (χ2v) is 6.47. The van der Waals surface area contributed by atoms with Crippen molar-refractivity contribution >= 4 is 17.8 Å². The smallest absolute Gasteiger partial charge is 0.407 e. The maximum absolute atomic E-state index is 12.2. The molecule has 3 N–H and O–H groups in total. The van der Waals surface area contributed by atoms with Crippen molar-refractivity contribution in [3.05, 3.63) is 29.7 Å². The summed E-state index contributed by atoms with van der Waals surface area (Å²) in [6.07, 6.45) is 4.48. The first-order valence-corrected chi connectivity index (χ1v) is 8.86. The number of aromatic nitrogens is 4. The van der Waals surface area contributed by atoms with Gasteiger partial charge in [0.2, 0.25) is 0 Å². The van der Waals surface area contributed by atoms with Crippen molar-refractivity contribution in [2.75, 3.05) is 11.9 Å². The highest BCUT2D eigenvalue weighted by Gasteiger charge is 2.30. The number of anilines is 1. The molecule has 26 heavy (non-hydrogen) atoms. The number of ether oxygens (including phenoxy) is 1. The maximum atomic E-state index is 12.2. The van der Waals surface area contributed by atoms with Gasteiger partial charge in [0, 0.05) is 37.5 Å². The Hall–Kier alpha value is -2.84. The molecular weight excluding hydrogens is 336 g/mol. The average Bonchev–Trinajstić information content (AvgIpc) is 3.34. The van der Waals surface area contributed by atoms with E-state index in [1.807, 2.05) is 13.0 Å². The molecule has 0 saturated heterocycles. The highest BCUT2D eigenvalue weighted by molar-refractivity contribution is 6.02. The molecule has 2 amide bonds. The van der Waals surface area contributed by atoms with Crippen molar-refractivity contribution in [2.45, 2.75) is 44.6 Å². The minimum atomic E-state index is -0.355. The van der Waals surface area contributed by atoms with Crippen LogP contribution in [0.15, 0.2) is 18.3 Å². The van der Waals surface area contributed by atoms with Gasteiger partial charge in [-0.05, 0) is 31.7 Å². The van der Waals surface area contributed by atoms with E-state index >= 15 is 0 Å². The summed E-state index contributed by atoms with van der Waals surface area (Å²) in [6, 6.07) is 3.48. The van der Waals surface area contributed by atoms with Crippen LogP contribution in [0.4, 0.5) is 10.6 Å².